The van der Waals surface area contributed by atoms with Gasteiger partial charge < -0.3 is 5.73 Å². The fraction of sp³-hybridized carbons (Fsp3) is 0.875. The largest absolute Gasteiger partial charge is 0.318 e. The van der Waals surface area contributed by atoms with Gasteiger partial charge in [-0.2, -0.15) is 17.0 Å². The molecule has 0 aliphatic carbocycles. The summed E-state index contributed by atoms with van der Waals surface area (Å²) in [6, 6.07) is 0. The second-order valence-electron chi connectivity index (χ2n) is 4.39. The Morgan fingerprint density at radius 2 is 2.29 bits per heavy atom. The highest BCUT2D eigenvalue weighted by molar-refractivity contribution is 7.99. The number of nitrogens with one attached hydrogen (secondary N) is 1. The van der Waals surface area contributed by atoms with E-state index in [1.165, 1.54) is 0 Å². The number of H-pyrrole nitrogens is 1. The van der Waals surface area contributed by atoms with Gasteiger partial charge in [-0.05, 0) is 17.6 Å². The third-order valence-electron chi connectivity index (χ3n) is 3.15. The molecule has 14 heavy (non-hydrogen) atoms. The molecule has 1 saturated heterocycles. The minimum atomic E-state index is -0.455. The van der Waals surface area contributed by atoms with Gasteiger partial charge in [-0.1, -0.05) is 19.1 Å². The number of hydrogen-bond acceptors (Lipinski definition) is 5. The summed E-state index contributed by atoms with van der Waals surface area (Å²) < 4.78 is 0. The molecule has 6 heteroatoms. The third-order valence-corrected chi connectivity index (χ3v) is 4.31. The van der Waals surface area contributed by atoms with Gasteiger partial charge in [-0.15, -0.1) is 10.2 Å². The Bertz CT molecular complexity index is 310. The molecule has 0 radical (unpaired) electrons. The summed E-state index contributed by atoms with van der Waals surface area (Å²) in [4.78, 5) is 0. The van der Waals surface area contributed by atoms with Gasteiger partial charge >= 0.3 is 0 Å². The molecular weight excluding hydrogens is 198 g/mol. The van der Waals surface area contributed by atoms with Crippen molar-refractivity contribution in [2.24, 2.45) is 11.1 Å². The predicted octanol–water partition coefficient (Wildman–Crippen LogP) is 0.517. The van der Waals surface area contributed by atoms with Crippen LogP contribution in [-0.2, 0) is 5.54 Å². The molecule has 1 unspecified atom stereocenters. The second kappa shape index (κ2) is 3.20. The Morgan fingerprint density at radius 1 is 1.50 bits per heavy atom. The van der Waals surface area contributed by atoms with Crippen LogP contribution < -0.4 is 5.73 Å². The number of rotatable bonds is 1. The van der Waals surface area contributed by atoms with Crippen molar-refractivity contribution in [3.8, 4) is 0 Å². The molecule has 0 aromatic carbocycles. The van der Waals surface area contributed by atoms with E-state index < -0.39 is 5.54 Å². The van der Waals surface area contributed by atoms with E-state index in [1.807, 2.05) is 11.8 Å². The SMILES string of the molecule is CC1(C)CCSCC1(N)c1nn[nH]n1. The van der Waals surface area contributed by atoms with E-state index >= 15 is 0 Å². The lowest BCUT2D eigenvalue weighted by Gasteiger charge is -2.44. The monoisotopic (exact) mass is 213 g/mol. The average molecular weight is 213 g/mol. The van der Waals surface area contributed by atoms with Crippen LogP contribution in [0.2, 0.25) is 0 Å². The van der Waals surface area contributed by atoms with E-state index in [-0.39, 0.29) is 5.41 Å². The van der Waals surface area contributed by atoms with Crippen LogP contribution in [0, 0.1) is 5.41 Å². The van der Waals surface area contributed by atoms with E-state index in [9.17, 15) is 0 Å². The maximum absolute atomic E-state index is 6.40. The lowest BCUT2D eigenvalue weighted by atomic mass is 9.71. The highest BCUT2D eigenvalue weighted by atomic mass is 32.2. The van der Waals surface area contributed by atoms with Crippen LogP contribution in [-0.4, -0.2) is 32.1 Å². The summed E-state index contributed by atoms with van der Waals surface area (Å²) in [5.74, 6) is 2.65. The van der Waals surface area contributed by atoms with Crippen molar-refractivity contribution in [1.29, 1.82) is 0 Å². The van der Waals surface area contributed by atoms with Gasteiger partial charge in [0.25, 0.3) is 0 Å². The highest BCUT2D eigenvalue weighted by Crippen LogP contribution is 2.45. The van der Waals surface area contributed by atoms with Gasteiger partial charge in [0.05, 0.1) is 5.54 Å². The average Bonchev–Trinajstić information content (AvgIpc) is 2.63. The Morgan fingerprint density at radius 3 is 2.86 bits per heavy atom. The molecule has 0 bridgehead atoms. The number of aromatic amines is 1. The van der Waals surface area contributed by atoms with Crippen molar-refractivity contribution in [3.05, 3.63) is 5.82 Å². The molecule has 3 N–H and O–H groups in total. The van der Waals surface area contributed by atoms with Gasteiger partial charge in [0.15, 0.2) is 5.82 Å². The molecular formula is C8H15N5S. The summed E-state index contributed by atoms with van der Waals surface area (Å²) in [5, 5.41) is 14.1. The van der Waals surface area contributed by atoms with Crippen LogP contribution in [0.15, 0.2) is 0 Å². The van der Waals surface area contributed by atoms with Gasteiger partial charge in [-0.3, -0.25) is 0 Å². The first-order chi connectivity index (χ1) is 6.56. The Balaban J connectivity index is 2.37. The van der Waals surface area contributed by atoms with E-state index in [0.717, 1.165) is 17.9 Å². The van der Waals surface area contributed by atoms with Gasteiger partial charge in [0.2, 0.25) is 0 Å². The minimum Gasteiger partial charge on any atom is -0.318 e. The Kier molecular flexibility index (Phi) is 2.27. The number of tetrazole rings is 1. The van der Waals surface area contributed by atoms with E-state index in [4.69, 9.17) is 5.73 Å². The lowest BCUT2D eigenvalue weighted by molar-refractivity contribution is 0.166. The Hall–Kier alpha value is -0.620. The lowest BCUT2D eigenvalue weighted by Crippen LogP contribution is -2.55. The zero-order valence-electron chi connectivity index (χ0n) is 8.45. The maximum atomic E-state index is 6.40. The molecule has 1 aromatic rings. The molecule has 1 atom stereocenters. The minimum absolute atomic E-state index is 0.0299. The topological polar surface area (TPSA) is 80.5 Å². The van der Waals surface area contributed by atoms with Crippen molar-refractivity contribution in [1.82, 2.24) is 20.6 Å². The Labute approximate surface area is 87.2 Å². The fourth-order valence-corrected chi connectivity index (χ4v) is 3.34. The van der Waals surface area contributed by atoms with Gasteiger partial charge in [-0.25, -0.2) is 0 Å². The van der Waals surface area contributed by atoms with Crippen LogP contribution in [0.4, 0.5) is 0 Å². The van der Waals surface area contributed by atoms with Crippen molar-refractivity contribution in [2.75, 3.05) is 11.5 Å². The fourth-order valence-electron chi connectivity index (χ4n) is 1.70. The molecule has 5 nitrogen and oxygen atoms in total. The van der Waals surface area contributed by atoms with E-state index in [1.54, 1.807) is 0 Å². The number of nitrogens with two attached hydrogens (primary N) is 1. The van der Waals surface area contributed by atoms with Crippen molar-refractivity contribution in [2.45, 2.75) is 25.8 Å². The normalized spacial score (nSPS) is 31.6. The summed E-state index contributed by atoms with van der Waals surface area (Å²) in [5.41, 5.74) is 5.97. The number of aromatic nitrogens is 4. The molecule has 1 aliphatic heterocycles. The zero-order valence-corrected chi connectivity index (χ0v) is 9.27. The van der Waals surface area contributed by atoms with E-state index in [0.29, 0.717) is 5.82 Å². The van der Waals surface area contributed by atoms with Crippen molar-refractivity contribution in [3.63, 3.8) is 0 Å². The molecule has 0 spiro atoms. The van der Waals surface area contributed by atoms with Crippen molar-refractivity contribution >= 4 is 11.8 Å². The standard InChI is InChI=1S/C8H15N5S/c1-7(2)3-4-14-5-8(7,9)6-10-12-13-11-6/h3-5,9H2,1-2H3,(H,10,11,12,13). The number of hydrogen-bond donors (Lipinski definition) is 2. The molecule has 78 valence electrons. The first kappa shape index (κ1) is 9.92. The molecule has 2 heterocycles. The molecule has 0 saturated carbocycles. The highest BCUT2D eigenvalue weighted by Gasteiger charge is 2.48. The van der Waals surface area contributed by atoms with Gasteiger partial charge in [0.1, 0.15) is 0 Å². The van der Waals surface area contributed by atoms with Crippen LogP contribution in [0.5, 0.6) is 0 Å². The van der Waals surface area contributed by atoms with Gasteiger partial charge in [0, 0.05) is 5.75 Å². The first-order valence-electron chi connectivity index (χ1n) is 4.67. The van der Waals surface area contributed by atoms with Crippen LogP contribution >= 0.6 is 11.8 Å². The smallest absolute Gasteiger partial charge is 0.195 e. The third kappa shape index (κ3) is 1.33. The zero-order chi connectivity index (χ0) is 10.2. The quantitative estimate of drug-likeness (QED) is 0.710. The molecule has 1 aliphatic rings. The number of nitrogens with zero attached hydrogens (tertiary/aromatic N) is 3. The predicted molar refractivity (Wildman–Crippen MR) is 55.8 cm³/mol. The summed E-state index contributed by atoms with van der Waals surface area (Å²) in [7, 11) is 0. The maximum Gasteiger partial charge on any atom is 0.195 e. The van der Waals surface area contributed by atoms with Crippen LogP contribution in [0.3, 0.4) is 0 Å². The molecule has 1 fully saturated rings. The molecule has 0 amide bonds. The van der Waals surface area contributed by atoms with Crippen molar-refractivity contribution < 1.29 is 0 Å². The number of thioether (sulfide) groups is 1. The summed E-state index contributed by atoms with van der Waals surface area (Å²) in [6.07, 6.45) is 1.09. The second-order valence-corrected chi connectivity index (χ2v) is 5.50. The summed E-state index contributed by atoms with van der Waals surface area (Å²) >= 11 is 1.86. The van der Waals surface area contributed by atoms with E-state index in [2.05, 4.69) is 34.5 Å². The van der Waals surface area contributed by atoms with Crippen LogP contribution in [0.1, 0.15) is 26.1 Å². The first-order valence-corrected chi connectivity index (χ1v) is 5.82. The van der Waals surface area contributed by atoms with Crippen LogP contribution in [0.25, 0.3) is 0 Å². The molecule has 1 aromatic heterocycles. The molecule has 2 rings (SSSR count). The summed E-state index contributed by atoms with van der Waals surface area (Å²) in [6.45, 7) is 4.34.